The van der Waals surface area contributed by atoms with Gasteiger partial charge in [0.1, 0.15) is 23.8 Å². The first-order chi connectivity index (χ1) is 18.2. The summed E-state index contributed by atoms with van der Waals surface area (Å²) in [6, 6.07) is 6.47. The van der Waals surface area contributed by atoms with E-state index in [2.05, 4.69) is 25.7 Å². The maximum atomic E-state index is 14.7. The van der Waals surface area contributed by atoms with Crippen LogP contribution in [0.1, 0.15) is 26.5 Å². The number of hydrogen-bond donors (Lipinski definition) is 3. The Labute approximate surface area is 223 Å². The molecule has 0 unspecified atom stereocenters. The fourth-order valence-electron chi connectivity index (χ4n) is 3.80. The maximum absolute atomic E-state index is 14.7. The van der Waals surface area contributed by atoms with E-state index in [1.807, 2.05) is 20.8 Å². The van der Waals surface area contributed by atoms with Gasteiger partial charge in [0.15, 0.2) is 0 Å². The third-order valence-corrected chi connectivity index (χ3v) is 6.07. The topological polar surface area (TPSA) is 153 Å². The van der Waals surface area contributed by atoms with E-state index < -0.39 is 11.8 Å². The number of fused-ring (bicyclic) bond motifs is 1. The highest BCUT2D eigenvalue weighted by molar-refractivity contribution is 6.00. The van der Waals surface area contributed by atoms with Crippen LogP contribution in [-0.2, 0) is 23.8 Å². The Morgan fingerprint density at radius 3 is 2.51 bits per heavy atom. The third-order valence-electron chi connectivity index (χ3n) is 6.07. The second-order valence-electron chi connectivity index (χ2n) is 10.3. The fraction of sp³-hybridized carbons (Fsp3) is 0.308. The van der Waals surface area contributed by atoms with Crippen molar-refractivity contribution in [2.75, 3.05) is 30.5 Å². The van der Waals surface area contributed by atoms with Gasteiger partial charge in [-0.15, -0.1) is 0 Å². The minimum Gasteiger partial charge on any atom is -0.368 e. The van der Waals surface area contributed by atoms with Crippen LogP contribution in [0.4, 0.5) is 26.6 Å². The van der Waals surface area contributed by atoms with Crippen LogP contribution in [0.3, 0.4) is 0 Å². The number of benzene rings is 1. The molecule has 13 heteroatoms. The predicted octanol–water partition coefficient (Wildman–Crippen LogP) is 2.94. The van der Waals surface area contributed by atoms with Crippen LogP contribution in [0.15, 0.2) is 41.3 Å². The first kappa shape index (κ1) is 27.2. The van der Waals surface area contributed by atoms with E-state index in [1.165, 1.54) is 32.5 Å². The van der Waals surface area contributed by atoms with Gasteiger partial charge < -0.3 is 16.0 Å². The molecule has 3 aromatic heterocycles. The summed E-state index contributed by atoms with van der Waals surface area (Å²) in [5.74, 6) is -0.612. The Hall–Kier alpha value is -4.81. The van der Waals surface area contributed by atoms with Gasteiger partial charge in [-0.25, -0.2) is 18.9 Å². The molecule has 3 amide bonds. The molecule has 0 aliphatic carbocycles. The van der Waals surface area contributed by atoms with Gasteiger partial charge >= 0.3 is 6.03 Å². The van der Waals surface area contributed by atoms with E-state index in [0.717, 1.165) is 6.07 Å². The molecule has 0 atom stereocenters. The monoisotopic (exact) mass is 535 g/mol. The van der Waals surface area contributed by atoms with Crippen molar-refractivity contribution >= 4 is 40.4 Å². The summed E-state index contributed by atoms with van der Waals surface area (Å²) in [7, 11) is 4.79. The summed E-state index contributed by atoms with van der Waals surface area (Å²) in [4.78, 5) is 47.8. The van der Waals surface area contributed by atoms with Crippen molar-refractivity contribution < 1.29 is 14.0 Å². The molecule has 39 heavy (non-hydrogen) atoms. The van der Waals surface area contributed by atoms with Crippen molar-refractivity contribution in [1.82, 2.24) is 29.2 Å². The number of carbonyl (C=O) groups is 2. The summed E-state index contributed by atoms with van der Waals surface area (Å²) < 4.78 is 17.5. The zero-order valence-electron chi connectivity index (χ0n) is 22.5. The van der Waals surface area contributed by atoms with Crippen LogP contribution >= 0.6 is 0 Å². The first-order valence-electron chi connectivity index (χ1n) is 12.0. The quantitative estimate of drug-likeness (QED) is 0.355. The number of amides is 3. The minimum absolute atomic E-state index is 0.0339. The van der Waals surface area contributed by atoms with Crippen molar-refractivity contribution in [2.24, 2.45) is 7.05 Å². The lowest BCUT2D eigenvalue weighted by Crippen LogP contribution is -2.29. The summed E-state index contributed by atoms with van der Waals surface area (Å²) in [6.07, 6.45) is 1.49. The van der Waals surface area contributed by atoms with E-state index in [4.69, 9.17) is 5.73 Å². The van der Waals surface area contributed by atoms with Crippen LogP contribution in [0.25, 0.3) is 22.2 Å². The lowest BCUT2D eigenvalue weighted by molar-refractivity contribution is -0.129. The third kappa shape index (κ3) is 5.71. The molecule has 1 aromatic carbocycles. The molecular weight excluding hydrogens is 505 g/mol. The highest BCUT2D eigenvalue weighted by Gasteiger charge is 2.22. The van der Waals surface area contributed by atoms with Gasteiger partial charge in [0.25, 0.3) is 5.56 Å². The molecule has 0 saturated carbocycles. The van der Waals surface area contributed by atoms with E-state index in [0.29, 0.717) is 22.3 Å². The van der Waals surface area contributed by atoms with Gasteiger partial charge in [0.05, 0.1) is 11.4 Å². The van der Waals surface area contributed by atoms with Crippen molar-refractivity contribution in [3.05, 3.63) is 58.4 Å². The molecule has 0 aliphatic rings. The van der Waals surface area contributed by atoms with Gasteiger partial charge in [0, 0.05) is 49.8 Å². The van der Waals surface area contributed by atoms with Crippen LogP contribution in [0, 0.1) is 5.82 Å². The molecule has 0 fully saturated rings. The number of nitrogens with two attached hydrogens (primary N) is 1. The second-order valence-corrected chi connectivity index (χ2v) is 10.3. The van der Waals surface area contributed by atoms with Gasteiger partial charge in [-0.1, -0.05) is 26.8 Å². The Morgan fingerprint density at radius 2 is 1.85 bits per heavy atom. The largest absolute Gasteiger partial charge is 0.368 e. The lowest BCUT2D eigenvalue weighted by atomic mass is 9.92. The average molecular weight is 536 g/mol. The molecule has 3 heterocycles. The molecule has 4 N–H and O–H groups in total. The number of nitrogens with zero attached hydrogens (tertiary/aromatic N) is 6. The Balaban J connectivity index is 1.64. The first-order valence-corrected chi connectivity index (χ1v) is 12.0. The molecule has 0 aliphatic heterocycles. The number of halogens is 1. The Bertz CT molecular complexity index is 1650. The van der Waals surface area contributed by atoms with Crippen LogP contribution in [0.5, 0.6) is 0 Å². The van der Waals surface area contributed by atoms with E-state index in [-0.39, 0.29) is 46.4 Å². The summed E-state index contributed by atoms with van der Waals surface area (Å²) in [5, 5.41) is 10.2. The zero-order valence-corrected chi connectivity index (χ0v) is 22.5. The highest BCUT2D eigenvalue weighted by Crippen LogP contribution is 2.27. The van der Waals surface area contributed by atoms with Crippen LogP contribution in [-0.4, -0.2) is 55.2 Å². The van der Waals surface area contributed by atoms with Gasteiger partial charge in [-0.05, 0) is 23.8 Å². The number of urea groups is 1. The minimum atomic E-state index is -0.750. The standard InChI is InChI=1S/C26H30FN9O3/c1-26(2,3)19-11-20(36(33-19)13-21(37)34(4)5)31-25(39)30-18-10-14(7-8-17(18)27)16-9-15-12-29-24(28)32-22(15)35(6)23(16)38/h7-12H,13H2,1-6H3,(H2,28,29,32)(H2,30,31,39). The predicted molar refractivity (Wildman–Crippen MR) is 147 cm³/mol. The second kappa shape index (κ2) is 10.2. The number of aryl methyl sites for hydroxylation is 1. The number of nitrogen functional groups attached to an aromatic ring is 1. The number of nitrogens with one attached hydrogen (secondary N) is 2. The fourth-order valence-corrected chi connectivity index (χ4v) is 3.80. The van der Waals surface area contributed by atoms with Crippen molar-refractivity contribution in [2.45, 2.75) is 32.7 Å². The number of likely N-dealkylation sites (N-methyl/N-ethyl adjacent to an activating group) is 1. The Morgan fingerprint density at radius 1 is 1.13 bits per heavy atom. The van der Waals surface area contributed by atoms with Crippen molar-refractivity contribution in [1.29, 1.82) is 0 Å². The highest BCUT2D eigenvalue weighted by atomic mass is 19.1. The van der Waals surface area contributed by atoms with Gasteiger partial charge in [0.2, 0.25) is 11.9 Å². The SMILES string of the molecule is CN(C)C(=O)Cn1nc(C(C)(C)C)cc1NC(=O)Nc1cc(-c2cc3cnc(N)nc3n(C)c2=O)ccc1F. The van der Waals surface area contributed by atoms with E-state index >= 15 is 0 Å². The number of pyridine rings is 1. The van der Waals surface area contributed by atoms with Gasteiger partial charge in [-0.2, -0.15) is 10.1 Å². The summed E-state index contributed by atoms with van der Waals surface area (Å²) in [6.45, 7) is 5.77. The number of aromatic nitrogens is 5. The van der Waals surface area contributed by atoms with Crippen LogP contribution in [0.2, 0.25) is 0 Å². The smallest absolute Gasteiger partial charge is 0.324 e. The Kier molecular flexibility index (Phi) is 7.09. The summed E-state index contributed by atoms with van der Waals surface area (Å²) in [5.41, 5.74) is 6.43. The average Bonchev–Trinajstić information content (AvgIpc) is 3.25. The molecule has 0 bridgehead atoms. The van der Waals surface area contributed by atoms with Crippen molar-refractivity contribution in [3.63, 3.8) is 0 Å². The molecule has 4 rings (SSSR count). The molecule has 0 radical (unpaired) electrons. The normalized spacial score (nSPS) is 11.5. The molecule has 0 spiro atoms. The van der Waals surface area contributed by atoms with Crippen LogP contribution < -0.4 is 21.9 Å². The number of carbonyl (C=O) groups excluding carboxylic acids is 2. The number of rotatable bonds is 5. The molecule has 4 aromatic rings. The molecule has 12 nitrogen and oxygen atoms in total. The molecule has 204 valence electrons. The van der Waals surface area contributed by atoms with E-state index in [1.54, 1.807) is 33.3 Å². The van der Waals surface area contributed by atoms with Crippen molar-refractivity contribution in [3.8, 4) is 11.1 Å². The summed E-state index contributed by atoms with van der Waals surface area (Å²) >= 11 is 0. The number of hydrogen-bond acceptors (Lipinski definition) is 7. The lowest BCUT2D eigenvalue weighted by Gasteiger charge is -2.14. The van der Waals surface area contributed by atoms with E-state index in [9.17, 15) is 18.8 Å². The molecular formula is C26H30FN9O3. The zero-order chi connectivity index (χ0) is 28.6. The van der Waals surface area contributed by atoms with Gasteiger partial charge in [-0.3, -0.25) is 19.5 Å². The molecule has 0 saturated heterocycles. The maximum Gasteiger partial charge on any atom is 0.324 e. The number of anilines is 3.